The zero-order valence-electron chi connectivity index (χ0n) is 17.3. The molecular formula is C21H17Cl3N4O6. The molecule has 2 aromatic rings. The number of rotatable bonds is 6. The van der Waals surface area contributed by atoms with Crippen molar-refractivity contribution in [1.29, 1.82) is 0 Å². The number of nitrogens with zero attached hydrogens (tertiary/aromatic N) is 1. The Morgan fingerprint density at radius 2 is 1.68 bits per heavy atom. The van der Waals surface area contributed by atoms with Crippen LogP contribution in [-0.4, -0.2) is 47.8 Å². The number of hydrogen-bond acceptors (Lipinski definition) is 6. The first kappa shape index (κ1) is 25.3. The second-order valence-electron chi connectivity index (χ2n) is 7.07. The van der Waals surface area contributed by atoms with Crippen LogP contribution in [0.2, 0.25) is 15.1 Å². The van der Waals surface area contributed by atoms with Crippen molar-refractivity contribution in [2.45, 2.75) is 6.42 Å². The first-order valence-electron chi connectivity index (χ1n) is 9.72. The number of halogens is 3. The van der Waals surface area contributed by atoms with Gasteiger partial charge >= 0.3 is 5.97 Å². The summed E-state index contributed by atoms with van der Waals surface area (Å²) in [4.78, 5) is 60.6. The molecule has 1 saturated heterocycles. The lowest BCUT2D eigenvalue weighted by molar-refractivity contribution is -0.152. The van der Waals surface area contributed by atoms with Gasteiger partial charge in [-0.2, -0.15) is 0 Å². The maximum absolute atomic E-state index is 12.3. The average Bonchev–Trinajstić information content (AvgIpc) is 3.18. The van der Waals surface area contributed by atoms with Crippen LogP contribution in [0.25, 0.3) is 0 Å². The smallest absolute Gasteiger partial charge is 0.311 e. The van der Waals surface area contributed by atoms with Crippen LogP contribution < -0.4 is 16.3 Å². The van der Waals surface area contributed by atoms with E-state index in [1.54, 1.807) is 12.1 Å². The summed E-state index contributed by atoms with van der Waals surface area (Å²) < 4.78 is 4.91. The first-order chi connectivity index (χ1) is 16.2. The SMILES string of the molecule is O=C(COC(=O)[C@H]1CC(=O)N(NC(=O)c2ccc(Cl)c(Cl)c2)C1)NNC(=O)c1ccccc1Cl. The van der Waals surface area contributed by atoms with E-state index in [1.165, 1.54) is 30.3 Å². The molecule has 13 heteroatoms. The number of esters is 1. The van der Waals surface area contributed by atoms with Crippen molar-refractivity contribution in [1.82, 2.24) is 21.3 Å². The number of carbonyl (C=O) groups excluding carboxylic acids is 5. The third-order valence-corrected chi connectivity index (χ3v) is 5.72. The number of benzene rings is 2. The maximum Gasteiger partial charge on any atom is 0.311 e. The van der Waals surface area contributed by atoms with Crippen LogP contribution in [0.1, 0.15) is 27.1 Å². The van der Waals surface area contributed by atoms with Crippen molar-refractivity contribution >= 4 is 64.4 Å². The van der Waals surface area contributed by atoms with Gasteiger partial charge in [0.25, 0.3) is 17.7 Å². The van der Waals surface area contributed by atoms with Gasteiger partial charge in [-0.15, -0.1) is 0 Å². The van der Waals surface area contributed by atoms with Crippen molar-refractivity contribution in [3.8, 4) is 0 Å². The van der Waals surface area contributed by atoms with Crippen molar-refractivity contribution in [3.63, 3.8) is 0 Å². The van der Waals surface area contributed by atoms with Crippen molar-refractivity contribution in [2.75, 3.05) is 13.2 Å². The highest BCUT2D eigenvalue weighted by atomic mass is 35.5. The van der Waals surface area contributed by atoms with E-state index in [2.05, 4.69) is 16.3 Å². The summed E-state index contributed by atoms with van der Waals surface area (Å²) in [5.74, 6) is -4.29. The van der Waals surface area contributed by atoms with Crippen LogP contribution in [0, 0.1) is 5.92 Å². The quantitative estimate of drug-likeness (QED) is 0.389. The molecule has 1 aliphatic heterocycles. The minimum atomic E-state index is -0.896. The molecule has 0 spiro atoms. The zero-order valence-corrected chi connectivity index (χ0v) is 19.5. The van der Waals surface area contributed by atoms with Gasteiger partial charge in [0.05, 0.1) is 33.1 Å². The predicted molar refractivity (Wildman–Crippen MR) is 122 cm³/mol. The standard InChI is InChI=1S/C21H17Cl3N4O6/c22-14-4-2-1-3-13(14)20(32)26-25-17(29)10-34-21(33)12-8-18(30)28(9-12)27-19(31)11-5-6-15(23)16(24)7-11/h1-7,12H,8-10H2,(H,25,29)(H,26,32)(H,27,31)/t12-/m0/s1. The lowest BCUT2D eigenvalue weighted by Gasteiger charge is -2.17. The van der Waals surface area contributed by atoms with E-state index >= 15 is 0 Å². The molecule has 1 fully saturated rings. The molecule has 1 atom stereocenters. The molecule has 10 nitrogen and oxygen atoms in total. The van der Waals surface area contributed by atoms with Gasteiger partial charge in [0.1, 0.15) is 0 Å². The summed E-state index contributed by atoms with van der Waals surface area (Å²) >= 11 is 17.6. The Morgan fingerprint density at radius 1 is 0.941 bits per heavy atom. The topological polar surface area (TPSA) is 134 Å². The fraction of sp³-hybridized carbons (Fsp3) is 0.190. The number of hydrogen-bond donors (Lipinski definition) is 3. The highest BCUT2D eigenvalue weighted by Gasteiger charge is 2.36. The Balaban J connectivity index is 1.44. The fourth-order valence-electron chi connectivity index (χ4n) is 2.93. The number of nitrogens with one attached hydrogen (secondary N) is 3. The van der Waals surface area contributed by atoms with Crippen LogP contribution in [0.5, 0.6) is 0 Å². The Morgan fingerprint density at radius 3 is 2.38 bits per heavy atom. The lowest BCUT2D eigenvalue weighted by Crippen LogP contribution is -2.44. The van der Waals surface area contributed by atoms with Crippen molar-refractivity contribution < 1.29 is 28.7 Å². The van der Waals surface area contributed by atoms with Crippen molar-refractivity contribution in [2.24, 2.45) is 5.92 Å². The summed E-state index contributed by atoms with van der Waals surface area (Å²) in [6.07, 6.45) is -0.217. The number of amides is 4. The largest absolute Gasteiger partial charge is 0.455 e. The second kappa shape index (κ2) is 11.2. The molecule has 178 valence electrons. The van der Waals surface area contributed by atoms with E-state index in [0.717, 1.165) is 5.01 Å². The fourth-order valence-corrected chi connectivity index (χ4v) is 3.45. The van der Waals surface area contributed by atoms with Crippen LogP contribution in [0.3, 0.4) is 0 Å². The Labute approximate surface area is 208 Å². The third-order valence-electron chi connectivity index (χ3n) is 4.66. The molecule has 0 saturated carbocycles. The van der Waals surface area contributed by atoms with Gasteiger partial charge in [0.15, 0.2) is 6.61 Å². The van der Waals surface area contributed by atoms with Crippen molar-refractivity contribution in [3.05, 3.63) is 68.7 Å². The molecule has 0 radical (unpaired) electrons. The van der Waals surface area contributed by atoms with E-state index in [0.29, 0.717) is 0 Å². The number of carbonyl (C=O) groups is 5. The van der Waals surface area contributed by atoms with Gasteiger partial charge in [-0.25, -0.2) is 0 Å². The van der Waals surface area contributed by atoms with Gasteiger partial charge in [0, 0.05) is 12.0 Å². The van der Waals surface area contributed by atoms with Gasteiger partial charge in [-0.05, 0) is 30.3 Å². The van der Waals surface area contributed by atoms with Gasteiger partial charge in [-0.3, -0.25) is 45.3 Å². The normalized spacial score (nSPS) is 15.0. The average molecular weight is 528 g/mol. The first-order valence-corrected chi connectivity index (χ1v) is 10.9. The van der Waals surface area contributed by atoms with E-state index < -0.39 is 42.1 Å². The van der Waals surface area contributed by atoms with E-state index in [9.17, 15) is 24.0 Å². The molecule has 1 heterocycles. The number of hydrazine groups is 2. The summed E-state index contributed by atoms with van der Waals surface area (Å²) in [5, 5.41) is 1.62. The molecule has 1 aliphatic rings. The maximum atomic E-state index is 12.3. The van der Waals surface area contributed by atoms with Gasteiger partial charge in [0.2, 0.25) is 5.91 Å². The Hall–Kier alpha value is -3.34. The summed E-state index contributed by atoms with van der Waals surface area (Å²) in [6.45, 7) is -0.836. The Kier molecular flexibility index (Phi) is 8.32. The summed E-state index contributed by atoms with van der Waals surface area (Å²) in [7, 11) is 0. The highest BCUT2D eigenvalue weighted by Crippen LogP contribution is 2.23. The molecule has 0 aliphatic carbocycles. The Bertz CT molecular complexity index is 1160. The third kappa shape index (κ3) is 6.37. The molecular weight excluding hydrogens is 511 g/mol. The lowest BCUT2D eigenvalue weighted by atomic mass is 10.1. The molecule has 3 rings (SSSR count). The molecule has 0 aromatic heterocycles. The minimum Gasteiger partial charge on any atom is -0.455 e. The predicted octanol–water partition coefficient (Wildman–Crippen LogP) is 2.14. The molecule has 4 amide bonds. The van der Waals surface area contributed by atoms with Crippen LogP contribution in [0.4, 0.5) is 0 Å². The van der Waals surface area contributed by atoms with E-state index in [4.69, 9.17) is 39.5 Å². The summed E-state index contributed by atoms with van der Waals surface area (Å²) in [6, 6.07) is 10.4. The van der Waals surface area contributed by atoms with E-state index in [-0.39, 0.29) is 39.2 Å². The molecule has 34 heavy (non-hydrogen) atoms. The zero-order chi connectivity index (χ0) is 24.8. The number of ether oxygens (including phenoxy) is 1. The minimum absolute atomic E-state index is 0.143. The van der Waals surface area contributed by atoms with Gasteiger partial charge in [-0.1, -0.05) is 46.9 Å². The molecule has 0 bridgehead atoms. The molecule has 2 aromatic carbocycles. The van der Waals surface area contributed by atoms with Crippen LogP contribution in [-0.2, 0) is 19.1 Å². The molecule has 0 unspecified atom stereocenters. The second-order valence-corrected chi connectivity index (χ2v) is 8.29. The monoisotopic (exact) mass is 526 g/mol. The summed E-state index contributed by atoms with van der Waals surface area (Å²) in [5.41, 5.74) is 6.95. The molecule has 3 N–H and O–H groups in total. The highest BCUT2D eigenvalue weighted by molar-refractivity contribution is 6.42. The van der Waals surface area contributed by atoms with Crippen LogP contribution in [0.15, 0.2) is 42.5 Å². The van der Waals surface area contributed by atoms with E-state index in [1.807, 2.05) is 0 Å². The van der Waals surface area contributed by atoms with Crippen LogP contribution >= 0.6 is 34.8 Å². The van der Waals surface area contributed by atoms with Gasteiger partial charge < -0.3 is 4.74 Å².